The normalized spacial score (nSPS) is 19.6. The number of rotatable bonds is 6. The molecule has 0 aliphatic heterocycles. The molecule has 1 aliphatic carbocycles. The monoisotopic (exact) mass is 212 g/mol. The lowest BCUT2D eigenvalue weighted by Gasteiger charge is -2.25. The third kappa shape index (κ3) is 5.53. The molecule has 1 unspecified atom stereocenters. The van der Waals surface area contributed by atoms with Gasteiger partial charge in [0.2, 0.25) is 0 Å². The minimum atomic E-state index is 0.269. The molecule has 1 fully saturated rings. The molecule has 2 nitrogen and oxygen atoms in total. The van der Waals surface area contributed by atoms with Gasteiger partial charge in [0.1, 0.15) is 0 Å². The zero-order valence-electron chi connectivity index (χ0n) is 11.1. The van der Waals surface area contributed by atoms with Gasteiger partial charge in [0.05, 0.1) is 0 Å². The van der Waals surface area contributed by atoms with Gasteiger partial charge in [-0.2, -0.15) is 0 Å². The van der Waals surface area contributed by atoms with Crippen LogP contribution in [0.15, 0.2) is 0 Å². The first-order valence-corrected chi connectivity index (χ1v) is 6.37. The summed E-state index contributed by atoms with van der Waals surface area (Å²) in [5.74, 6) is 0. The summed E-state index contributed by atoms with van der Waals surface area (Å²) < 4.78 is 0. The van der Waals surface area contributed by atoms with E-state index in [2.05, 4.69) is 45.0 Å². The van der Waals surface area contributed by atoms with Gasteiger partial charge in [-0.05, 0) is 67.0 Å². The smallest absolute Gasteiger partial charge is 0.00965 e. The van der Waals surface area contributed by atoms with E-state index in [1.165, 1.54) is 25.7 Å². The Labute approximate surface area is 95.4 Å². The molecule has 0 saturated heterocycles. The summed E-state index contributed by atoms with van der Waals surface area (Å²) in [5.41, 5.74) is 0.269. The van der Waals surface area contributed by atoms with Crippen LogP contribution in [-0.4, -0.2) is 36.1 Å². The highest BCUT2D eigenvalue weighted by Crippen LogP contribution is 2.27. The van der Waals surface area contributed by atoms with Crippen LogP contribution in [0.2, 0.25) is 0 Å². The summed E-state index contributed by atoms with van der Waals surface area (Å²) in [4.78, 5) is 2.55. The topological polar surface area (TPSA) is 15.3 Å². The molecule has 1 rings (SSSR count). The van der Waals surface area contributed by atoms with E-state index in [-0.39, 0.29) is 5.54 Å². The lowest BCUT2D eigenvalue weighted by atomic mass is 10.1. The minimum Gasteiger partial charge on any atom is -0.312 e. The Morgan fingerprint density at radius 1 is 1.33 bits per heavy atom. The predicted octanol–water partition coefficient (Wildman–Crippen LogP) is 2.64. The molecule has 0 spiro atoms. The van der Waals surface area contributed by atoms with Crippen molar-refractivity contribution in [3.8, 4) is 0 Å². The second-order valence-corrected chi connectivity index (χ2v) is 6.06. The summed E-state index contributed by atoms with van der Waals surface area (Å²) in [5, 5.41) is 3.54. The van der Waals surface area contributed by atoms with E-state index in [9.17, 15) is 0 Å². The lowest BCUT2D eigenvalue weighted by molar-refractivity contribution is 0.231. The van der Waals surface area contributed by atoms with Crippen LogP contribution in [-0.2, 0) is 0 Å². The maximum Gasteiger partial charge on any atom is 0.00965 e. The summed E-state index contributed by atoms with van der Waals surface area (Å²) in [6, 6.07) is 1.65. The molecule has 2 heteroatoms. The van der Waals surface area contributed by atoms with E-state index >= 15 is 0 Å². The van der Waals surface area contributed by atoms with Crippen molar-refractivity contribution >= 4 is 0 Å². The first-order chi connectivity index (χ1) is 6.90. The van der Waals surface area contributed by atoms with Crippen LogP contribution < -0.4 is 5.32 Å². The van der Waals surface area contributed by atoms with Gasteiger partial charge in [0.25, 0.3) is 0 Å². The SMILES string of the molecule is CC(CCCNC(C)(C)C)N(C)C1CC1. The molecule has 0 aromatic rings. The summed E-state index contributed by atoms with van der Waals surface area (Å²) in [6.07, 6.45) is 5.44. The lowest BCUT2D eigenvalue weighted by Crippen LogP contribution is -2.37. The molecule has 0 aromatic carbocycles. The van der Waals surface area contributed by atoms with Crippen LogP contribution in [0.3, 0.4) is 0 Å². The highest BCUT2D eigenvalue weighted by molar-refractivity contribution is 4.85. The van der Waals surface area contributed by atoms with Crippen molar-refractivity contribution in [3.63, 3.8) is 0 Å². The van der Waals surface area contributed by atoms with Crippen molar-refractivity contribution in [2.75, 3.05) is 13.6 Å². The molecule has 1 atom stereocenters. The summed E-state index contributed by atoms with van der Waals surface area (Å²) in [6.45, 7) is 10.2. The first kappa shape index (κ1) is 13.0. The molecule has 0 radical (unpaired) electrons. The fourth-order valence-corrected chi connectivity index (χ4v) is 1.91. The van der Waals surface area contributed by atoms with E-state index < -0.39 is 0 Å². The Balaban J connectivity index is 2.03. The standard InChI is InChI=1S/C13H28N2/c1-11(15(5)12-8-9-12)7-6-10-14-13(2,3)4/h11-12,14H,6-10H2,1-5H3. The predicted molar refractivity (Wildman–Crippen MR) is 67.2 cm³/mol. The van der Waals surface area contributed by atoms with Gasteiger partial charge >= 0.3 is 0 Å². The number of nitrogens with zero attached hydrogens (tertiary/aromatic N) is 1. The average molecular weight is 212 g/mol. The van der Waals surface area contributed by atoms with Crippen LogP contribution in [0.4, 0.5) is 0 Å². The van der Waals surface area contributed by atoms with Crippen LogP contribution in [0, 0.1) is 0 Å². The van der Waals surface area contributed by atoms with E-state index in [0.717, 1.165) is 18.6 Å². The van der Waals surface area contributed by atoms with Crippen LogP contribution >= 0.6 is 0 Å². The Morgan fingerprint density at radius 3 is 2.40 bits per heavy atom. The molecule has 1 saturated carbocycles. The van der Waals surface area contributed by atoms with Crippen molar-refractivity contribution < 1.29 is 0 Å². The largest absolute Gasteiger partial charge is 0.312 e. The first-order valence-electron chi connectivity index (χ1n) is 6.37. The van der Waals surface area contributed by atoms with E-state index in [1.54, 1.807) is 0 Å². The Kier molecular flexibility index (Phi) is 4.60. The van der Waals surface area contributed by atoms with Gasteiger partial charge in [0.15, 0.2) is 0 Å². The van der Waals surface area contributed by atoms with Gasteiger partial charge < -0.3 is 10.2 Å². The minimum absolute atomic E-state index is 0.269. The molecular weight excluding hydrogens is 184 g/mol. The fraction of sp³-hybridized carbons (Fsp3) is 1.00. The highest BCUT2D eigenvalue weighted by atomic mass is 15.2. The molecular formula is C13H28N2. The Hall–Kier alpha value is -0.0800. The maximum atomic E-state index is 3.54. The van der Waals surface area contributed by atoms with E-state index in [4.69, 9.17) is 0 Å². The van der Waals surface area contributed by atoms with Crippen LogP contribution in [0.1, 0.15) is 53.4 Å². The third-order valence-corrected chi connectivity index (χ3v) is 3.27. The Bertz CT molecular complexity index is 179. The van der Waals surface area contributed by atoms with Crippen molar-refractivity contribution in [3.05, 3.63) is 0 Å². The van der Waals surface area contributed by atoms with Gasteiger partial charge in [-0.25, -0.2) is 0 Å². The third-order valence-electron chi connectivity index (χ3n) is 3.27. The van der Waals surface area contributed by atoms with Gasteiger partial charge in [-0.15, -0.1) is 0 Å². The molecule has 0 bridgehead atoms. The highest BCUT2D eigenvalue weighted by Gasteiger charge is 2.28. The Morgan fingerprint density at radius 2 is 1.93 bits per heavy atom. The zero-order valence-corrected chi connectivity index (χ0v) is 11.1. The van der Waals surface area contributed by atoms with Crippen molar-refractivity contribution in [2.24, 2.45) is 0 Å². The van der Waals surface area contributed by atoms with Gasteiger partial charge in [-0.3, -0.25) is 0 Å². The van der Waals surface area contributed by atoms with Crippen molar-refractivity contribution in [1.29, 1.82) is 0 Å². The second-order valence-electron chi connectivity index (χ2n) is 6.06. The summed E-state index contributed by atoms with van der Waals surface area (Å²) >= 11 is 0. The molecule has 0 heterocycles. The zero-order chi connectivity index (χ0) is 11.5. The van der Waals surface area contributed by atoms with Gasteiger partial charge in [0, 0.05) is 17.6 Å². The number of hydrogen-bond acceptors (Lipinski definition) is 2. The van der Waals surface area contributed by atoms with E-state index in [0.29, 0.717) is 0 Å². The molecule has 15 heavy (non-hydrogen) atoms. The molecule has 90 valence electrons. The number of nitrogens with one attached hydrogen (secondary N) is 1. The van der Waals surface area contributed by atoms with Crippen LogP contribution in [0.5, 0.6) is 0 Å². The summed E-state index contributed by atoms with van der Waals surface area (Å²) in [7, 11) is 2.28. The maximum absolute atomic E-state index is 3.54. The average Bonchev–Trinajstić information content (AvgIpc) is 2.92. The van der Waals surface area contributed by atoms with Crippen LogP contribution in [0.25, 0.3) is 0 Å². The molecule has 1 N–H and O–H groups in total. The second kappa shape index (κ2) is 5.31. The van der Waals surface area contributed by atoms with E-state index in [1.807, 2.05) is 0 Å². The van der Waals surface area contributed by atoms with Crippen molar-refractivity contribution in [2.45, 2.75) is 71.0 Å². The molecule has 0 aromatic heterocycles. The van der Waals surface area contributed by atoms with Crippen molar-refractivity contribution in [1.82, 2.24) is 10.2 Å². The quantitative estimate of drug-likeness (QED) is 0.681. The van der Waals surface area contributed by atoms with Gasteiger partial charge in [-0.1, -0.05) is 0 Å². The number of hydrogen-bond donors (Lipinski definition) is 1. The fourth-order valence-electron chi connectivity index (χ4n) is 1.91. The molecule has 0 amide bonds. The molecule has 1 aliphatic rings.